The molecule has 202 valence electrons. The fraction of sp³-hybridized carbons (Fsp3) is 0.370. The van der Waals surface area contributed by atoms with Crippen molar-refractivity contribution in [1.29, 1.82) is 5.26 Å². The van der Waals surface area contributed by atoms with Crippen LogP contribution < -0.4 is 10.2 Å². The van der Waals surface area contributed by atoms with Crippen molar-refractivity contribution in [3.8, 4) is 17.3 Å². The van der Waals surface area contributed by atoms with Crippen molar-refractivity contribution in [2.24, 2.45) is 7.05 Å². The van der Waals surface area contributed by atoms with E-state index in [-0.39, 0.29) is 31.2 Å². The molecule has 2 N–H and O–H groups in total. The number of nitrogens with zero attached hydrogens (tertiary/aromatic N) is 7. The van der Waals surface area contributed by atoms with E-state index in [2.05, 4.69) is 21.2 Å². The highest BCUT2D eigenvalue weighted by Gasteiger charge is 2.27. The maximum Gasteiger partial charge on any atom is 0.415 e. The Kier molecular flexibility index (Phi) is 7.54. The van der Waals surface area contributed by atoms with Gasteiger partial charge in [-0.25, -0.2) is 24.0 Å². The molecule has 11 nitrogen and oxygen atoms in total. The molecule has 0 fully saturated rings. The molecule has 3 aromatic heterocycles. The molecule has 4 rings (SSSR count). The highest BCUT2D eigenvalue weighted by atomic mass is 19.1. The van der Waals surface area contributed by atoms with Gasteiger partial charge in [-0.05, 0) is 50.6 Å². The van der Waals surface area contributed by atoms with E-state index in [0.29, 0.717) is 33.3 Å². The van der Waals surface area contributed by atoms with Crippen molar-refractivity contribution in [2.75, 3.05) is 25.1 Å². The Hall–Kier alpha value is -4.52. The first kappa shape index (κ1) is 27.5. The third-order valence-electron chi connectivity index (χ3n) is 6.00. The van der Waals surface area contributed by atoms with E-state index in [1.807, 2.05) is 13.1 Å². The maximum atomic E-state index is 14.5. The van der Waals surface area contributed by atoms with Crippen LogP contribution in [0.15, 0.2) is 30.6 Å². The number of aliphatic hydroxyl groups is 1. The van der Waals surface area contributed by atoms with Crippen molar-refractivity contribution >= 4 is 39.7 Å². The molecule has 0 aliphatic carbocycles. The third-order valence-corrected chi connectivity index (χ3v) is 6.00. The number of nitriles is 1. The molecule has 3 heterocycles. The molecule has 0 saturated carbocycles. The lowest BCUT2D eigenvalue weighted by atomic mass is 10.1. The number of halogens is 1. The quantitative estimate of drug-likeness (QED) is 0.343. The molecule has 0 bridgehead atoms. The minimum absolute atomic E-state index is 0.0884. The van der Waals surface area contributed by atoms with Gasteiger partial charge in [0.2, 0.25) is 0 Å². The summed E-state index contributed by atoms with van der Waals surface area (Å²) in [6, 6.07) is 7.30. The first-order valence-corrected chi connectivity index (χ1v) is 12.2. The number of fused-ring (bicyclic) bond motifs is 3. The molecular weight excluding hydrogens is 503 g/mol. The maximum absolute atomic E-state index is 14.5. The van der Waals surface area contributed by atoms with Gasteiger partial charge in [0, 0.05) is 31.7 Å². The predicted molar refractivity (Wildman–Crippen MR) is 145 cm³/mol. The number of carbonyl (C=O) groups excluding carboxylic acids is 1. The predicted octanol–water partition coefficient (Wildman–Crippen LogP) is 4.13. The van der Waals surface area contributed by atoms with Gasteiger partial charge in [0.05, 0.1) is 37.6 Å². The normalized spacial score (nSPS) is 12.3. The van der Waals surface area contributed by atoms with E-state index in [1.54, 1.807) is 49.3 Å². The summed E-state index contributed by atoms with van der Waals surface area (Å²) in [6.07, 6.45) is 0.987. The SMILES string of the molecule is [C-]#[N+]c1cc(F)cc(-c2cc3c4c(ncn4C)c(N(C)C(=O)OC(C)(C)C)nc3n2CC(C#N)NCCO)c1. The summed E-state index contributed by atoms with van der Waals surface area (Å²) in [6.45, 7) is 12.8. The monoisotopic (exact) mass is 532 g/mol. The van der Waals surface area contributed by atoms with Crippen LogP contribution in [-0.4, -0.2) is 62.1 Å². The second-order valence-electron chi connectivity index (χ2n) is 10.1. The smallest absolute Gasteiger partial charge is 0.415 e. The number of hydrogen-bond acceptors (Lipinski definition) is 7. The summed E-state index contributed by atoms with van der Waals surface area (Å²) in [7, 11) is 3.35. The first-order valence-electron chi connectivity index (χ1n) is 12.2. The molecule has 39 heavy (non-hydrogen) atoms. The molecular formula is C27H29FN8O3. The van der Waals surface area contributed by atoms with Gasteiger partial charge < -0.3 is 19.0 Å². The Bertz CT molecular complexity index is 1640. The Morgan fingerprint density at radius 2 is 2.10 bits per heavy atom. The van der Waals surface area contributed by atoms with E-state index in [0.717, 1.165) is 6.07 Å². The summed E-state index contributed by atoms with van der Waals surface area (Å²) >= 11 is 0. The van der Waals surface area contributed by atoms with Gasteiger partial charge in [0.15, 0.2) is 11.5 Å². The summed E-state index contributed by atoms with van der Waals surface area (Å²) in [5.74, 6) is -0.328. The Balaban J connectivity index is 2.02. The van der Waals surface area contributed by atoms with Crippen LogP contribution in [0.2, 0.25) is 0 Å². The van der Waals surface area contributed by atoms with Crippen LogP contribution in [-0.2, 0) is 18.3 Å². The summed E-state index contributed by atoms with van der Waals surface area (Å²) in [4.78, 5) is 27.0. The van der Waals surface area contributed by atoms with Crippen LogP contribution in [0, 0.1) is 23.7 Å². The highest BCUT2D eigenvalue weighted by Crippen LogP contribution is 2.37. The minimum atomic E-state index is -0.734. The molecule has 1 atom stereocenters. The third kappa shape index (κ3) is 5.53. The lowest BCUT2D eigenvalue weighted by Crippen LogP contribution is -2.35. The number of aryl methyl sites for hydroxylation is 1. The Labute approximate surface area is 224 Å². The summed E-state index contributed by atoms with van der Waals surface area (Å²) < 4.78 is 23.6. The second-order valence-corrected chi connectivity index (χ2v) is 10.1. The average molecular weight is 533 g/mol. The highest BCUT2D eigenvalue weighted by molar-refractivity contribution is 6.10. The molecule has 1 amide bonds. The molecule has 0 radical (unpaired) electrons. The number of aromatic nitrogens is 4. The first-order chi connectivity index (χ1) is 18.5. The zero-order chi connectivity index (χ0) is 28.5. The number of benzene rings is 1. The number of ether oxygens (including phenoxy) is 1. The lowest BCUT2D eigenvalue weighted by molar-refractivity contribution is 0.0588. The van der Waals surface area contributed by atoms with Crippen LogP contribution in [0.1, 0.15) is 20.8 Å². The zero-order valence-corrected chi connectivity index (χ0v) is 22.4. The molecule has 1 unspecified atom stereocenters. The standard InChI is InChI=1S/C27H29FN8O3/c1-27(2,3)39-26(38)35(6)25-22-23(34(5)15-32-22)20-12-21(16-9-17(28)11-18(10-16)30-4)36(24(20)33-25)14-19(13-29)31-7-8-37/h9-12,15,19,31,37H,7-8,14H2,1-3,5-6H3. The second kappa shape index (κ2) is 10.7. The van der Waals surface area contributed by atoms with Crippen LogP contribution in [0.3, 0.4) is 0 Å². The largest absolute Gasteiger partial charge is 0.443 e. The summed E-state index contributed by atoms with van der Waals surface area (Å²) in [5, 5.41) is 22.7. The lowest BCUT2D eigenvalue weighted by Gasteiger charge is -2.24. The van der Waals surface area contributed by atoms with Gasteiger partial charge in [-0.15, -0.1) is 0 Å². The van der Waals surface area contributed by atoms with E-state index in [9.17, 15) is 19.6 Å². The number of rotatable bonds is 7. The molecule has 0 aliphatic heterocycles. The van der Waals surface area contributed by atoms with E-state index in [4.69, 9.17) is 16.3 Å². The molecule has 0 spiro atoms. The molecule has 4 aromatic rings. The van der Waals surface area contributed by atoms with E-state index < -0.39 is 23.6 Å². The fourth-order valence-corrected chi connectivity index (χ4v) is 4.33. The van der Waals surface area contributed by atoms with Crippen LogP contribution in [0.5, 0.6) is 0 Å². The number of aliphatic hydroxyl groups excluding tert-OH is 1. The molecule has 1 aromatic carbocycles. The summed E-state index contributed by atoms with van der Waals surface area (Å²) in [5.41, 5.74) is 1.89. The Morgan fingerprint density at radius 1 is 1.36 bits per heavy atom. The average Bonchev–Trinajstić information content (AvgIpc) is 3.44. The fourth-order valence-electron chi connectivity index (χ4n) is 4.33. The number of pyridine rings is 1. The van der Waals surface area contributed by atoms with Gasteiger partial charge in [-0.3, -0.25) is 10.2 Å². The topological polar surface area (TPSA) is 126 Å². The molecule has 0 aliphatic rings. The number of nitrogens with one attached hydrogen (secondary N) is 1. The number of carbonyl (C=O) groups is 1. The van der Waals surface area contributed by atoms with Crippen molar-refractivity contribution in [3.05, 3.63) is 47.8 Å². The van der Waals surface area contributed by atoms with Crippen LogP contribution in [0.25, 0.3) is 38.2 Å². The van der Waals surface area contributed by atoms with Crippen LogP contribution in [0.4, 0.5) is 20.7 Å². The van der Waals surface area contributed by atoms with Gasteiger partial charge >= 0.3 is 6.09 Å². The number of anilines is 1. The van der Waals surface area contributed by atoms with Gasteiger partial charge in [-0.2, -0.15) is 5.26 Å². The van der Waals surface area contributed by atoms with Gasteiger partial charge in [0.25, 0.3) is 0 Å². The van der Waals surface area contributed by atoms with Gasteiger partial charge in [-0.1, -0.05) is 0 Å². The van der Waals surface area contributed by atoms with Crippen molar-refractivity contribution in [1.82, 2.24) is 24.4 Å². The minimum Gasteiger partial charge on any atom is -0.443 e. The number of hydrogen-bond donors (Lipinski definition) is 2. The zero-order valence-electron chi connectivity index (χ0n) is 22.4. The number of imidazole rings is 1. The molecule has 12 heteroatoms. The Morgan fingerprint density at radius 3 is 2.74 bits per heavy atom. The van der Waals surface area contributed by atoms with Crippen LogP contribution >= 0.6 is 0 Å². The van der Waals surface area contributed by atoms with E-state index in [1.165, 1.54) is 11.0 Å². The van der Waals surface area contributed by atoms with Crippen molar-refractivity contribution in [3.63, 3.8) is 0 Å². The van der Waals surface area contributed by atoms with Crippen molar-refractivity contribution in [2.45, 2.75) is 39.0 Å². The van der Waals surface area contributed by atoms with Gasteiger partial charge in [0.1, 0.15) is 28.6 Å². The number of amides is 1. The molecule has 0 saturated heterocycles. The van der Waals surface area contributed by atoms with E-state index >= 15 is 0 Å². The van der Waals surface area contributed by atoms with Crippen molar-refractivity contribution < 1.29 is 19.0 Å².